The van der Waals surface area contributed by atoms with E-state index >= 15 is 0 Å². The Bertz CT molecular complexity index is 691. The van der Waals surface area contributed by atoms with Gasteiger partial charge in [-0.15, -0.1) is 11.3 Å². The van der Waals surface area contributed by atoms with Crippen LogP contribution in [0.1, 0.15) is 5.56 Å². The van der Waals surface area contributed by atoms with Crippen molar-refractivity contribution in [3.05, 3.63) is 44.5 Å². The quantitative estimate of drug-likeness (QED) is 0.852. The number of rotatable bonds is 3. The van der Waals surface area contributed by atoms with Gasteiger partial charge in [0.25, 0.3) is 10.0 Å². The molecule has 0 amide bonds. The Morgan fingerprint density at radius 1 is 1.42 bits per heavy atom. The number of benzene rings is 1. The third-order valence-corrected chi connectivity index (χ3v) is 6.64. The van der Waals surface area contributed by atoms with Gasteiger partial charge >= 0.3 is 0 Å². The highest BCUT2D eigenvalue weighted by Crippen LogP contribution is 2.35. The van der Waals surface area contributed by atoms with Gasteiger partial charge in [-0.05, 0) is 40.5 Å². The summed E-state index contributed by atoms with van der Waals surface area (Å²) in [7, 11) is -3.85. The standard InChI is InChI=1S/C11H8BrClFNO2S2/c1-6-3-2-4-8(14)10(6)15-19(16,17)9-5-7(13)11(12)18-9/h2-5,15H,1H3. The maximum Gasteiger partial charge on any atom is 0.271 e. The molecule has 1 aromatic heterocycles. The van der Waals surface area contributed by atoms with Crippen molar-refractivity contribution < 1.29 is 12.8 Å². The van der Waals surface area contributed by atoms with E-state index in [0.29, 0.717) is 14.4 Å². The fourth-order valence-corrected chi connectivity index (χ4v) is 4.94. The summed E-state index contributed by atoms with van der Waals surface area (Å²) in [5.41, 5.74) is 0.452. The summed E-state index contributed by atoms with van der Waals surface area (Å²) in [6.45, 7) is 1.62. The number of halogens is 3. The molecule has 0 spiro atoms. The Kier molecular flexibility index (Phi) is 4.20. The Morgan fingerprint density at radius 2 is 2.11 bits per heavy atom. The van der Waals surface area contributed by atoms with E-state index in [1.807, 2.05) is 0 Å². The molecular formula is C11H8BrClFNO2S2. The SMILES string of the molecule is Cc1cccc(F)c1NS(=O)(=O)c1cc(Cl)c(Br)s1. The predicted octanol–water partition coefficient (Wildman–Crippen LogP) is 4.41. The van der Waals surface area contributed by atoms with E-state index in [1.165, 1.54) is 18.2 Å². The molecule has 0 aliphatic heterocycles. The van der Waals surface area contributed by atoms with Gasteiger partial charge in [-0.3, -0.25) is 4.72 Å². The second-order valence-corrected chi connectivity index (χ2v) is 8.41. The largest absolute Gasteiger partial charge is 0.276 e. The number of hydrogen-bond donors (Lipinski definition) is 1. The van der Waals surface area contributed by atoms with Crippen LogP contribution in [0, 0.1) is 12.7 Å². The summed E-state index contributed by atoms with van der Waals surface area (Å²) in [5.74, 6) is -0.620. The van der Waals surface area contributed by atoms with Crippen molar-refractivity contribution in [2.45, 2.75) is 11.1 Å². The van der Waals surface area contributed by atoms with E-state index in [1.54, 1.807) is 13.0 Å². The van der Waals surface area contributed by atoms with Crippen LogP contribution in [-0.4, -0.2) is 8.42 Å². The number of thiophene rings is 1. The van der Waals surface area contributed by atoms with E-state index < -0.39 is 15.8 Å². The summed E-state index contributed by atoms with van der Waals surface area (Å²) in [4.78, 5) is 0. The highest BCUT2D eigenvalue weighted by Gasteiger charge is 2.21. The summed E-state index contributed by atoms with van der Waals surface area (Å²) in [6, 6.07) is 5.65. The molecule has 1 aromatic carbocycles. The van der Waals surface area contributed by atoms with Crippen LogP contribution < -0.4 is 4.72 Å². The van der Waals surface area contributed by atoms with Crippen LogP contribution in [0.5, 0.6) is 0 Å². The third-order valence-electron chi connectivity index (χ3n) is 2.35. The number of para-hydroxylation sites is 1. The summed E-state index contributed by atoms with van der Waals surface area (Å²) in [5, 5.41) is 0.302. The van der Waals surface area contributed by atoms with Crippen molar-refractivity contribution in [2.24, 2.45) is 0 Å². The fourth-order valence-electron chi connectivity index (χ4n) is 1.41. The van der Waals surface area contributed by atoms with Crippen molar-refractivity contribution in [3.63, 3.8) is 0 Å². The Labute approximate surface area is 127 Å². The van der Waals surface area contributed by atoms with E-state index in [-0.39, 0.29) is 9.90 Å². The normalized spacial score (nSPS) is 11.6. The molecule has 2 aromatic rings. The van der Waals surface area contributed by atoms with Gasteiger partial charge in [0.05, 0.1) is 14.5 Å². The number of nitrogens with one attached hydrogen (secondary N) is 1. The highest BCUT2D eigenvalue weighted by atomic mass is 79.9. The van der Waals surface area contributed by atoms with Gasteiger partial charge in [0, 0.05) is 0 Å². The van der Waals surface area contributed by atoms with Crippen LogP contribution >= 0.6 is 38.9 Å². The molecule has 0 unspecified atom stereocenters. The molecule has 0 radical (unpaired) electrons. The molecule has 3 nitrogen and oxygen atoms in total. The minimum absolute atomic E-state index is 0.0204. The topological polar surface area (TPSA) is 46.2 Å². The lowest BCUT2D eigenvalue weighted by Crippen LogP contribution is -2.13. The number of sulfonamides is 1. The van der Waals surface area contributed by atoms with Gasteiger partial charge in [-0.2, -0.15) is 0 Å². The van der Waals surface area contributed by atoms with Crippen molar-refractivity contribution in [2.75, 3.05) is 4.72 Å². The van der Waals surface area contributed by atoms with E-state index in [9.17, 15) is 12.8 Å². The molecule has 8 heteroatoms. The Morgan fingerprint density at radius 3 is 2.63 bits per heavy atom. The first-order valence-corrected chi connectivity index (χ1v) is 8.51. The van der Waals surface area contributed by atoms with Crippen molar-refractivity contribution >= 4 is 54.6 Å². The Hall–Kier alpha value is -0.630. The van der Waals surface area contributed by atoms with Gasteiger partial charge in [0.2, 0.25) is 0 Å². The van der Waals surface area contributed by atoms with Gasteiger partial charge < -0.3 is 0 Å². The molecule has 0 atom stereocenters. The number of hydrogen-bond acceptors (Lipinski definition) is 3. The lowest BCUT2D eigenvalue weighted by Gasteiger charge is -2.09. The number of aryl methyl sites for hydroxylation is 1. The van der Waals surface area contributed by atoms with Crippen LogP contribution in [0.4, 0.5) is 10.1 Å². The molecule has 102 valence electrons. The molecule has 0 aliphatic carbocycles. The van der Waals surface area contributed by atoms with E-state index in [4.69, 9.17) is 11.6 Å². The molecular weight excluding hydrogens is 377 g/mol. The number of anilines is 1. The lowest BCUT2D eigenvalue weighted by molar-refractivity contribution is 0.600. The van der Waals surface area contributed by atoms with Gasteiger partial charge in [-0.25, -0.2) is 12.8 Å². The van der Waals surface area contributed by atoms with Crippen LogP contribution in [0.2, 0.25) is 5.02 Å². The zero-order chi connectivity index (χ0) is 14.2. The monoisotopic (exact) mass is 383 g/mol. The molecule has 0 bridgehead atoms. The average molecular weight is 385 g/mol. The third kappa shape index (κ3) is 3.10. The van der Waals surface area contributed by atoms with E-state index in [0.717, 1.165) is 11.3 Å². The molecule has 0 fully saturated rings. The molecule has 19 heavy (non-hydrogen) atoms. The van der Waals surface area contributed by atoms with Crippen molar-refractivity contribution in [1.82, 2.24) is 0 Å². The first-order valence-electron chi connectivity index (χ1n) is 5.04. The first-order chi connectivity index (χ1) is 8.81. The van der Waals surface area contributed by atoms with Gasteiger partial charge in [0.1, 0.15) is 10.0 Å². The molecule has 2 rings (SSSR count). The highest BCUT2D eigenvalue weighted by molar-refractivity contribution is 9.11. The summed E-state index contributed by atoms with van der Waals surface area (Å²) >= 11 is 9.91. The van der Waals surface area contributed by atoms with Gasteiger partial charge in [0.15, 0.2) is 0 Å². The first kappa shape index (κ1) is 14.8. The smallest absolute Gasteiger partial charge is 0.271 e. The van der Waals surface area contributed by atoms with Gasteiger partial charge in [-0.1, -0.05) is 23.7 Å². The lowest BCUT2D eigenvalue weighted by atomic mass is 10.2. The maximum atomic E-state index is 13.6. The Balaban J connectivity index is 2.42. The molecule has 0 aliphatic rings. The van der Waals surface area contributed by atoms with Crippen molar-refractivity contribution in [1.29, 1.82) is 0 Å². The fraction of sp³-hybridized carbons (Fsp3) is 0.0909. The van der Waals surface area contributed by atoms with Crippen LogP contribution in [0.3, 0.4) is 0 Å². The van der Waals surface area contributed by atoms with Crippen LogP contribution in [0.15, 0.2) is 32.3 Å². The maximum absolute atomic E-state index is 13.6. The summed E-state index contributed by atoms with van der Waals surface area (Å²) < 4.78 is 40.6. The second-order valence-electron chi connectivity index (χ2n) is 3.72. The molecule has 0 saturated carbocycles. The second kappa shape index (κ2) is 5.40. The molecule has 0 saturated heterocycles. The zero-order valence-electron chi connectivity index (χ0n) is 9.58. The van der Waals surface area contributed by atoms with Crippen molar-refractivity contribution in [3.8, 4) is 0 Å². The van der Waals surface area contributed by atoms with E-state index in [2.05, 4.69) is 20.7 Å². The predicted molar refractivity (Wildman–Crippen MR) is 79.0 cm³/mol. The minimum Gasteiger partial charge on any atom is -0.276 e. The molecule has 1 heterocycles. The zero-order valence-corrected chi connectivity index (χ0v) is 13.6. The molecule has 1 N–H and O–H groups in total. The van der Waals surface area contributed by atoms with Crippen LogP contribution in [0.25, 0.3) is 0 Å². The summed E-state index contributed by atoms with van der Waals surface area (Å²) in [6.07, 6.45) is 0. The average Bonchev–Trinajstić information content (AvgIpc) is 2.66. The minimum atomic E-state index is -3.85. The van der Waals surface area contributed by atoms with Crippen LogP contribution in [-0.2, 0) is 10.0 Å².